The van der Waals surface area contributed by atoms with E-state index in [1.807, 2.05) is 0 Å². The fourth-order valence-electron chi connectivity index (χ4n) is 2.74. The van der Waals surface area contributed by atoms with Gasteiger partial charge in [-0.3, -0.25) is 0 Å². The first-order valence-electron chi connectivity index (χ1n) is 7.06. The van der Waals surface area contributed by atoms with Gasteiger partial charge >= 0.3 is 0 Å². The molecule has 0 heterocycles. The predicted octanol–water partition coefficient (Wildman–Crippen LogP) is 2.25. The summed E-state index contributed by atoms with van der Waals surface area (Å²) in [5.74, 6) is 0.712. The zero-order valence-corrected chi connectivity index (χ0v) is 11.9. The second-order valence-corrected chi connectivity index (χ2v) is 6.01. The molecule has 17 heavy (non-hydrogen) atoms. The van der Waals surface area contributed by atoms with Gasteiger partial charge in [-0.2, -0.15) is 0 Å². The van der Waals surface area contributed by atoms with Crippen molar-refractivity contribution in [1.82, 2.24) is 4.90 Å². The van der Waals surface area contributed by atoms with Crippen LogP contribution in [0.5, 0.6) is 0 Å². The molecule has 0 saturated heterocycles. The average Bonchev–Trinajstić information content (AvgIpc) is 2.69. The first kappa shape index (κ1) is 14.9. The molecule has 0 aromatic heterocycles. The Labute approximate surface area is 107 Å². The van der Waals surface area contributed by atoms with Gasteiger partial charge in [0.15, 0.2) is 0 Å². The minimum absolute atomic E-state index is 0.127. The van der Waals surface area contributed by atoms with Crippen LogP contribution < -0.4 is 5.73 Å². The molecule has 1 fully saturated rings. The van der Waals surface area contributed by atoms with Crippen LogP contribution in [0, 0.1) is 5.92 Å². The Bertz CT molecular complexity index is 200. The molecule has 0 spiro atoms. The molecule has 0 atom stereocenters. The van der Waals surface area contributed by atoms with Crippen LogP contribution in [0.1, 0.15) is 46.0 Å². The first-order valence-corrected chi connectivity index (χ1v) is 7.06. The van der Waals surface area contributed by atoms with Crippen molar-refractivity contribution in [3.63, 3.8) is 0 Å². The SMILES string of the molecule is COCCN(CCC1(N)CCCC1)CC(C)C. The van der Waals surface area contributed by atoms with E-state index in [9.17, 15) is 0 Å². The molecule has 0 aromatic rings. The van der Waals surface area contributed by atoms with Gasteiger partial charge < -0.3 is 15.4 Å². The summed E-state index contributed by atoms with van der Waals surface area (Å²) in [6.45, 7) is 8.67. The van der Waals surface area contributed by atoms with Crippen molar-refractivity contribution >= 4 is 0 Å². The van der Waals surface area contributed by atoms with E-state index in [-0.39, 0.29) is 5.54 Å². The summed E-state index contributed by atoms with van der Waals surface area (Å²) in [4.78, 5) is 2.50. The molecule has 1 rings (SSSR count). The normalized spacial score (nSPS) is 19.4. The van der Waals surface area contributed by atoms with Gasteiger partial charge in [-0.15, -0.1) is 0 Å². The molecular weight excluding hydrogens is 212 g/mol. The highest BCUT2D eigenvalue weighted by Crippen LogP contribution is 2.30. The Morgan fingerprint density at radius 1 is 1.24 bits per heavy atom. The van der Waals surface area contributed by atoms with Crippen molar-refractivity contribution in [3.05, 3.63) is 0 Å². The van der Waals surface area contributed by atoms with Crippen LogP contribution in [0.3, 0.4) is 0 Å². The number of hydrogen-bond donors (Lipinski definition) is 1. The minimum atomic E-state index is 0.127. The van der Waals surface area contributed by atoms with Crippen LogP contribution in [-0.4, -0.2) is 43.8 Å². The fraction of sp³-hybridized carbons (Fsp3) is 1.00. The highest BCUT2D eigenvalue weighted by molar-refractivity contribution is 4.89. The maximum Gasteiger partial charge on any atom is 0.0589 e. The number of hydrogen-bond acceptors (Lipinski definition) is 3. The van der Waals surface area contributed by atoms with Gasteiger partial charge in [0, 0.05) is 25.7 Å². The third kappa shape index (κ3) is 5.84. The standard InChI is InChI=1S/C14H30N2O/c1-13(2)12-16(10-11-17-3)9-8-14(15)6-4-5-7-14/h13H,4-12,15H2,1-3H3. The lowest BCUT2D eigenvalue weighted by molar-refractivity contribution is 0.133. The zero-order valence-electron chi connectivity index (χ0n) is 11.9. The lowest BCUT2D eigenvalue weighted by Gasteiger charge is -2.29. The van der Waals surface area contributed by atoms with E-state index in [4.69, 9.17) is 10.5 Å². The summed E-state index contributed by atoms with van der Waals surface area (Å²) >= 11 is 0. The summed E-state index contributed by atoms with van der Waals surface area (Å²) in [6.07, 6.45) is 6.21. The first-order chi connectivity index (χ1) is 8.06. The van der Waals surface area contributed by atoms with Gasteiger partial charge in [-0.25, -0.2) is 0 Å². The Balaban J connectivity index is 2.31. The van der Waals surface area contributed by atoms with Crippen molar-refractivity contribution < 1.29 is 4.74 Å². The Morgan fingerprint density at radius 3 is 2.41 bits per heavy atom. The predicted molar refractivity (Wildman–Crippen MR) is 73.2 cm³/mol. The van der Waals surface area contributed by atoms with Crippen molar-refractivity contribution in [1.29, 1.82) is 0 Å². The lowest BCUT2D eigenvalue weighted by Crippen LogP contribution is -2.42. The van der Waals surface area contributed by atoms with Crippen LogP contribution in [0.4, 0.5) is 0 Å². The Hall–Kier alpha value is -0.120. The molecule has 0 aromatic carbocycles. The van der Waals surface area contributed by atoms with Crippen molar-refractivity contribution in [2.24, 2.45) is 11.7 Å². The third-order valence-corrected chi connectivity index (χ3v) is 3.76. The molecule has 1 aliphatic carbocycles. The Morgan fingerprint density at radius 2 is 1.88 bits per heavy atom. The second-order valence-electron chi connectivity index (χ2n) is 6.01. The van der Waals surface area contributed by atoms with Gasteiger partial charge in [0.05, 0.1) is 6.61 Å². The van der Waals surface area contributed by atoms with Crippen molar-refractivity contribution in [2.75, 3.05) is 33.4 Å². The summed E-state index contributed by atoms with van der Waals surface area (Å²) < 4.78 is 5.18. The summed E-state index contributed by atoms with van der Waals surface area (Å²) in [5, 5.41) is 0. The highest BCUT2D eigenvalue weighted by Gasteiger charge is 2.29. The monoisotopic (exact) mass is 242 g/mol. The van der Waals surface area contributed by atoms with Crippen LogP contribution in [-0.2, 0) is 4.74 Å². The number of methoxy groups -OCH3 is 1. The Kier molecular flexibility index (Phi) is 6.45. The number of nitrogens with zero attached hydrogens (tertiary/aromatic N) is 1. The molecule has 0 unspecified atom stereocenters. The molecule has 3 nitrogen and oxygen atoms in total. The zero-order chi connectivity index (χ0) is 12.7. The molecule has 3 heteroatoms. The van der Waals surface area contributed by atoms with E-state index in [1.54, 1.807) is 7.11 Å². The van der Waals surface area contributed by atoms with E-state index in [1.165, 1.54) is 25.7 Å². The molecular formula is C14H30N2O. The van der Waals surface area contributed by atoms with Gasteiger partial charge in [-0.05, 0) is 31.7 Å². The van der Waals surface area contributed by atoms with Crippen molar-refractivity contribution in [3.8, 4) is 0 Å². The second kappa shape index (κ2) is 7.34. The number of ether oxygens (including phenoxy) is 1. The molecule has 102 valence electrons. The van der Waals surface area contributed by atoms with Gasteiger partial charge in [0.25, 0.3) is 0 Å². The van der Waals surface area contributed by atoms with E-state index < -0.39 is 0 Å². The largest absolute Gasteiger partial charge is 0.383 e. The van der Waals surface area contributed by atoms with E-state index in [0.29, 0.717) is 5.92 Å². The maximum absolute atomic E-state index is 6.41. The molecule has 0 bridgehead atoms. The molecule has 2 N–H and O–H groups in total. The van der Waals surface area contributed by atoms with Crippen LogP contribution in [0.2, 0.25) is 0 Å². The van der Waals surface area contributed by atoms with Gasteiger partial charge in [0.1, 0.15) is 0 Å². The lowest BCUT2D eigenvalue weighted by atomic mass is 9.94. The molecule has 1 aliphatic rings. The van der Waals surface area contributed by atoms with Crippen LogP contribution in [0.25, 0.3) is 0 Å². The molecule has 0 amide bonds. The number of nitrogens with two attached hydrogens (primary N) is 1. The van der Waals surface area contributed by atoms with E-state index in [0.717, 1.165) is 32.7 Å². The summed E-state index contributed by atoms with van der Waals surface area (Å²) in [6, 6.07) is 0. The minimum Gasteiger partial charge on any atom is -0.383 e. The quantitative estimate of drug-likeness (QED) is 0.709. The highest BCUT2D eigenvalue weighted by atomic mass is 16.5. The van der Waals surface area contributed by atoms with Gasteiger partial charge in [-0.1, -0.05) is 26.7 Å². The fourth-order valence-corrected chi connectivity index (χ4v) is 2.74. The summed E-state index contributed by atoms with van der Waals surface area (Å²) in [7, 11) is 1.77. The van der Waals surface area contributed by atoms with E-state index >= 15 is 0 Å². The molecule has 1 saturated carbocycles. The third-order valence-electron chi connectivity index (χ3n) is 3.76. The van der Waals surface area contributed by atoms with Gasteiger partial charge in [0.2, 0.25) is 0 Å². The maximum atomic E-state index is 6.41. The molecule has 0 radical (unpaired) electrons. The average molecular weight is 242 g/mol. The summed E-state index contributed by atoms with van der Waals surface area (Å²) in [5.41, 5.74) is 6.54. The van der Waals surface area contributed by atoms with E-state index in [2.05, 4.69) is 18.7 Å². The number of rotatable bonds is 8. The smallest absolute Gasteiger partial charge is 0.0589 e. The van der Waals surface area contributed by atoms with Crippen LogP contribution >= 0.6 is 0 Å². The van der Waals surface area contributed by atoms with Crippen LogP contribution in [0.15, 0.2) is 0 Å². The molecule has 0 aliphatic heterocycles. The van der Waals surface area contributed by atoms with Crippen molar-refractivity contribution in [2.45, 2.75) is 51.5 Å². The topological polar surface area (TPSA) is 38.5 Å².